The summed E-state index contributed by atoms with van der Waals surface area (Å²) in [6.45, 7) is 0. The highest BCUT2D eigenvalue weighted by Gasteiger charge is 2.27. The molecule has 0 fully saturated rings. The predicted octanol–water partition coefficient (Wildman–Crippen LogP) is 32.0. The smallest absolute Gasteiger partial charge is 0.0626 e. The van der Waals surface area contributed by atoms with Crippen LogP contribution in [0.1, 0.15) is 0 Å². The Hall–Kier alpha value is -15.7. The summed E-state index contributed by atoms with van der Waals surface area (Å²) in [5, 5.41) is 36.2. The average Bonchev–Trinajstić information content (AvgIpc) is 1.59. The van der Waals surface area contributed by atoms with Crippen molar-refractivity contribution in [2.45, 2.75) is 0 Å². The summed E-state index contributed by atoms with van der Waals surface area (Å²) in [5.41, 5.74) is 18.6. The molecule has 0 saturated carbocycles. The van der Waals surface area contributed by atoms with E-state index in [1.165, 1.54) is 234 Å². The third kappa shape index (κ3) is 10.6. The Balaban J connectivity index is 0.000000102. The Bertz CT molecular complexity index is 8640. The Morgan fingerprint density at radius 3 is 0.824 bits per heavy atom. The third-order valence-electron chi connectivity index (χ3n) is 25.2. The molecule has 0 unspecified atom stereocenters. The molecule has 0 bridgehead atoms. The lowest BCUT2D eigenvalue weighted by molar-refractivity contribution is 1.19. The van der Waals surface area contributed by atoms with Crippen molar-refractivity contribution in [1.82, 2.24) is 13.7 Å². The van der Waals surface area contributed by atoms with E-state index in [0.717, 1.165) is 0 Å². The monoisotopic (exact) mass is 1510 g/mol. The molecular formula is C116H73N3. The summed E-state index contributed by atoms with van der Waals surface area (Å²) in [6, 6.07) is 161. The van der Waals surface area contributed by atoms with Crippen LogP contribution in [0.25, 0.3) is 234 Å². The van der Waals surface area contributed by atoms with Gasteiger partial charge in [-0.3, -0.25) is 0 Å². The Morgan fingerprint density at radius 1 is 0.126 bits per heavy atom. The molecule has 0 aliphatic carbocycles. The second-order valence-corrected chi connectivity index (χ2v) is 31.5. The first-order chi connectivity index (χ1) is 59.1. The van der Waals surface area contributed by atoms with E-state index < -0.39 is 0 Å². The fourth-order valence-electron chi connectivity index (χ4n) is 20.3. The number of nitrogens with zero attached hydrogens (tertiary/aromatic N) is 3. The van der Waals surface area contributed by atoms with Crippen molar-refractivity contribution in [1.29, 1.82) is 0 Å². The summed E-state index contributed by atoms with van der Waals surface area (Å²) in [4.78, 5) is 0. The van der Waals surface area contributed by atoms with Crippen molar-refractivity contribution < 1.29 is 0 Å². The van der Waals surface area contributed by atoms with Gasteiger partial charge in [0.15, 0.2) is 0 Å². The first-order valence-corrected chi connectivity index (χ1v) is 41.2. The van der Waals surface area contributed by atoms with Crippen LogP contribution in [0.15, 0.2) is 443 Å². The molecular weight excluding hydrogens is 1440 g/mol. The molecule has 0 N–H and O–H groups in total. The maximum atomic E-state index is 2.46. The van der Waals surface area contributed by atoms with Crippen LogP contribution in [0.5, 0.6) is 0 Å². The SMILES string of the molecule is c1ccc(-c2cc3c4ccccc4c4c(c5ccccc5n4-c4ccccc4)c3c3ccccc23)cc1.c1ccc(-n2c3ccccc3c3c4c5ccccc5c(-c5ccc6ccccc6c5)cc4c4ccccc4c32)cc1.c1ccc(-n2c3ccccc3c3c4c5ccccc5c(-c5cccc6ccccc56)cc4c4ccccc4c32)cc1. The van der Waals surface area contributed by atoms with Crippen LogP contribution in [-0.4, -0.2) is 13.7 Å². The Morgan fingerprint density at radius 2 is 0.412 bits per heavy atom. The normalized spacial score (nSPS) is 11.9. The summed E-state index contributed by atoms with van der Waals surface area (Å²) in [7, 11) is 0. The van der Waals surface area contributed by atoms with Crippen molar-refractivity contribution in [3.05, 3.63) is 443 Å². The van der Waals surface area contributed by atoms with Gasteiger partial charge in [-0.2, -0.15) is 0 Å². The zero-order chi connectivity index (χ0) is 78.2. The van der Waals surface area contributed by atoms with Crippen LogP contribution in [0.3, 0.4) is 0 Å². The molecule has 26 aromatic rings. The van der Waals surface area contributed by atoms with Crippen molar-refractivity contribution in [3.8, 4) is 50.4 Å². The van der Waals surface area contributed by atoms with Crippen molar-refractivity contribution in [2.24, 2.45) is 0 Å². The number of fused-ring (bicyclic) bond motifs is 32. The van der Waals surface area contributed by atoms with E-state index in [-0.39, 0.29) is 0 Å². The van der Waals surface area contributed by atoms with Gasteiger partial charge in [-0.05, 0) is 198 Å². The van der Waals surface area contributed by atoms with Crippen LogP contribution >= 0.6 is 0 Å². The molecule has 0 atom stereocenters. The molecule has 3 nitrogen and oxygen atoms in total. The minimum absolute atomic E-state index is 1.18. The number of hydrogen-bond acceptors (Lipinski definition) is 0. The van der Waals surface area contributed by atoms with Crippen molar-refractivity contribution >= 4 is 184 Å². The molecule has 119 heavy (non-hydrogen) atoms. The molecule has 0 saturated heterocycles. The number of aromatic nitrogens is 3. The number of rotatable bonds is 6. The van der Waals surface area contributed by atoms with Crippen LogP contribution in [-0.2, 0) is 0 Å². The molecule has 0 aliphatic heterocycles. The molecule has 3 heteroatoms. The number of hydrogen-bond donors (Lipinski definition) is 0. The topological polar surface area (TPSA) is 14.8 Å². The Kier molecular flexibility index (Phi) is 15.7. The highest BCUT2D eigenvalue weighted by atomic mass is 15.0. The zero-order valence-electron chi connectivity index (χ0n) is 65.0. The highest BCUT2D eigenvalue weighted by molar-refractivity contribution is 6.41. The minimum atomic E-state index is 1.18. The average molecular weight is 1510 g/mol. The van der Waals surface area contributed by atoms with Gasteiger partial charge in [0.05, 0.1) is 33.1 Å². The van der Waals surface area contributed by atoms with Gasteiger partial charge in [-0.15, -0.1) is 0 Å². The van der Waals surface area contributed by atoms with E-state index in [4.69, 9.17) is 0 Å². The quantitative estimate of drug-likeness (QED) is 0.147. The summed E-state index contributed by atoms with van der Waals surface area (Å²) >= 11 is 0. The molecule has 3 heterocycles. The fraction of sp³-hybridized carbons (Fsp3) is 0. The van der Waals surface area contributed by atoms with Gasteiger partial charge in [0, 0.05) is 81.7 Å². The van der Waals surface area contributed by atoms with Crippen molar-refractivity contribution in [2.75, 3.05) is 0 Å². The van der Waals surface area contributed by atoms with Gasteiger partial charge in [-0.1, -0.05) is 364 Å². The van der Waals surface area contributed by atoms with Crippen LogP contribution in [0.4, 0.5) is 0 Å². The van der Waals surface area contributed by atoms with Crippen LogP contribution in [0.2, 0.25) is 0 Å². The lowest BCUT2D eigenvalue weighted by atomic mass is 9.87. The molecule has 552 valence electrons. The molecule has 0 amide bonds. The standard InChI is InChI=1S/2C40H25N.C36H23N/c1-2-15-27(16-3-1)41-37-24-11-10-22-34(37)39-38-32-20-8-6-18-30(32)35(29-23-12-14-26-13-4-5-17-28(26)29)25-36(38)31-19-7-9-21-33(31)40(39)41;1-2-14-29(15-3-1)41-37-21-11-10-20-34(37)39-38-32-18-8-6-16-30(32)35(28-23-22-26-12-4-5-13-27(26)24-28)25-36(38)31-17-7-9-19-33(31)40(39)41;1-3-13-24(14-4-1)31-23-32-27-18-8-10-20-29(27)36-35(34(32)28-19-9-7-17-26(28)31)30-21-11-12-22-33(30)37(36)25-15-5-2-6-16-25/h2*1-25H;1-23H. The van der Waals surface area contributed by atoms with E-state index in [1.807, 2.05) is 0 Å². The summed E-state index contributed by atoms with van der Waals surface area (Å²) in [6.07, 6.45) is 0. The maximum Gasteiger partial charge on any atom is 0.0626 e. The predicted molar refractivity (Wildman–Crippen MR) is 511 cm³/mol. The van der Waals surface area contributed by atoms with Gasteiger partial charge in [0.1, 0.15) is 0 Å². The second kappa shape index (κ2) is 27.5. The van der Waals surface area contributed by atoms with Gasteiger partial charge in [-0.25, -0.2) is 0 Å². The zero-order valence-corrected chi connectivity index (χ0v) is 65.0. The molecule has 0 spiro atoms. The van der Waals surface area contributed by atoms with Gasteiger partial charge >= 0.3 is 0 Å². The number of para-hydroxylation sites is 6. The molecule has 26 rings (SSSR count). The van der Waals surface area contributed by atoms with Gasteiger partial charge in [0.25, 0.3) is 0 Å². The van der Waals surface area contributed by atoms with Crippen molar-refractivity contribution in [3.63, 3.8) is 0 Å². The lowest BCUT2D eigenvalue weighted by Crippen LogP contribution is -1.95. The summed E-state index contributed by atoms with van der Waals surface area (Å²) in [5.74, 6) is 0. The summed E-state index contributed by atoms with van der Waals surface area (Å²) < 4.78 is 7.37. The first kappa shape index (κ1) is 67.8. The van der Waals surface area contributed by atoms with E-state index >= 15 is 0 Å². The second-order valence-electron chi connectivity index (χ2n) is 31.5. The third-order valence-corrected chi connectivity index (χ3v) is 25.2. The molecule has 23 aromatic carbocycles. The molecule has 0 radical (unpaired) electrons. The van der Waals surface area contributed by atoms with E-state index in [0.29, 0.717) is 0 Å². The molecule has 0 aliphatic rings. The largest absolute Gasteiger partial charge is 0.309 e. The first-order valence-electron chi connectivity index (χ1n) is 41.2. The van der Waals surface area contributed by atoms with E-state index in [1.54, 1.807) is 0 Å². The highest BCUT2D eigenvalue weighted by Crippen LogP contribution is 2.52. The Labute approximate surface area is 686 Å². The fourth-order valence-corrected chi connectivity index (χ4v) is 20.3. The van der Waals surface area contributed by atoms with E-state index in [9.17, 15) is 0 Å². The maximum absolute atomic E-state index is 2.46. The van der Waals surface area contributed by atoms with Crippen LogP contribution < -0.4 is 0 Å². The number of benzene rings is 23. The van der Waals surface area contributed by atoms with Gasteiger partial charge < -0.3 is 13.7 Å². The lowest BCUT2D eigenvalue weighted by Gasteiger charge is -2.17. The van der Waals surface area contributed by atoms with Crippen LogP contribution in [0, 0.1) is 0 Å². The van der Waals surface area contributed by atoms with E-state index in [2.05, 4.69) is 457 Å². The van der Waals surface area contributed by atoms with Gasteiger partial charge in [0.2, 0.25) is 0 Å². The molecule has 3 aromatic heterocycles. The minimum Gasteiger partial charge on any atom is -0.309 e.